The Morgan fingerprint density at radius 1 is 1.28 bits per heavy atom. The van der Waals surface area contributed by atoms with E-state index in [1.165, 1.54) is 0 Å². The second-order valence-electron chi connectivity index (χ2n) is 5.66. The molecular formula is C14H25NO3. The first kappa shape index (κ1) is 13.8. The summed E-state index contributed by atoms with van der Waals surface area (Å²) in [6.45, 7) is 1.58. The van der Waals surface area contributed by atoms with E-state index in [1.807, 2.05) is 0 Å². The monoisotopic (exact) mass is 255 g/mol. The van der Waals surface area contributed by atoms with Gasteiger partial charge in [0.1, 0.15) is 0 Å². The molecule has 3 unspecified atom stereocenters. The summed E-state index contributed by atoms with van der Waals surface area (Å²) in [6, 6.07) is 0. The molecule has 1 saturated carbocycles. The molecule has 2 fully saturated rings. The summed E-state index contributed by atoms with van der Waals surface area (Å²) in [6.07, 6.45) is 7.75. The Bertz CT molecular complexity index is 264. The predicted octanol–water partition coefficient (Wildman–Crippen LogP) is 1.61. The third-order valence-corrected chi connectivity index (χ3v) is 4.06. The number of hydrogen-bond donors (Lipinski definition) is 2. The highest BCUT2D eigenvalue weighted by atomic mass is 16.5. The van der Waals surface area contributed by atoms with Gasteiger partial charge in [0, 0.05) is 19.6 Å². The normalized spacial score (nSPS) is 32.4. The van der Waals surface area contributed by atoms with Crippen molar-refractivity contribution >= 4 is 5.91 Å². The van der Waals surface area contributed by atoms with E-state index < -0.39 is 0 Å². The molecule has 18 heavy (non-hydrogen) atoms. The lowest BCUT2D eigenvalue weighted by Crippen LogP contribution is -2.33. The SMILES string of the molecule is O=C(CCC1CCCO1)NCC1CCCC(O)C1. The fourth-order valence-electron chi connectivity index (χ4n) is 2.96. The van der Waals surface area contributed by atoms with Crippen molar-refractivity contribution in [2.45, 2.75) is 63.6 Å². The summed E-state index contributed by atoms with van der Waals surface area (Å²) >= 11 is 0. The zero-order valence-corrected chi connectivity index (χ0v) is 11.1. The van der Waals surface area contributed by atoms with Gasteiger partial charge in [-0.2, -0.15) is 0 Å². The van der Waals surface area contributed by atoms with E-state index in [1.54, 1.807) is 0 Å². The Morgan fingerprint density at radius 2 is 2.17 bits per heavy atom. The zero-order chi connectivity index (χ0) is 12.8. The van der Waals surface area contributed by atoms with Gasteiger partial charge in [-0.1, -0.05) is 6.42 Å². The number of amides is 1. The molecule has 2 N–H and O–H groups in total. The molecule has 1 heterocycles. The molecular weight excluding hydrogens is 230 g/mol. The minimum Gasteiger partial charge on any atom is -0.393 e. The summed E-state index contributed by atoms with van der Waals surface area (Å²) < 4.78 is 5.50. The van der Waals surface area contributed by atoms with Crippen molar-refractivity contribution in [3.8, 4) is 0 Å². The Balaban J connectivity index is 1.56. The average molecular weight is 255 g/mol. The van der Waals surface area contributed by atoms with E-state index in [4.69, 9.17) is 4.74 Å². The van der Waals surface area contributed by atoms with Crippen LogP contribution >= 0.6 is 0 Å². The topological polar surface area (TPSA) is 58.6 Å². The number of aliphatic hydroxyl groups excluding tert-OH is 1. The van der Waals surface area contributed by atoms with E-state index in [9.17, 15) is 9.90 Å². The molecule has 0 aromatic heterocycles. The quantitative estimate of drug-likeness (QED) is 0.784. The lowest BCUT2D eigenvalue weighted by Gasteiger charge is -2.25. The van der Waals surface area contributed by atoms with E-state index in [2.05, 4.69) is 5.32 Å². The first-order valence-electron chi connectivity index (χ1n) is 7.30. The van der Waals surface area contributed by atoms with Gasteiger partial charge in [0.2, 0.25) is 5.91 Å². The van der Waals surface area contributed by atoms with E-state index in [0.29, 0.717) is 18.4 Å². The van der Waals surface area contributed by atoms with E-state index in [0.717, 1.165) is 58.1 Å². The standard InChI is InChI=1S/C14H25NO3/c16-12-4-1-3-11(9-12)10-15-14(17)7-6-13-5-2-8-18-13/h11-13,16H,1-10H2,(H,15,17). The minimum absolute atomic E-state index is 0.130. The van der Waals surface area contributed by atoms with Gasteiger partial charge in [0.15, 0.2) is 0 Å². The molecule has 1 amide bonds. The molecule has 0 spiro atoms. The predicted molar refractivity (Wildman–Crippen MR) is 69.2 cm³/mol. The van der Waals surface area contributed by atoms with Gasteiger partial charge < -0.3 is 15.2 Å². The van der Waals surface area contributed by atoms with Gasteiger partial charge >= 0.3 is 0 Å². The molecule has 4 nitrogen and oxygen atoms in total. The molecule has 1 aliphatic heterocycles. The molecule has 0 radical (unpaired) electrons. The minimum atomic E-state index is -0.160. The van der Waals surface area contributed by atoms with E-state index >= 15 is 0 Å². The molecule has 2 aliphatic rings. The summed E-state index contributed by atoms with van der Waals surface area (Å²) in [5.41, 5.74) is 0. The van der Waals surface area contributed by atoms with Gasteiger partial charge in [-0.25, -0.2) is 0 Å². The van der Waals surface area contributed by atoms with Crippen LogP contribution < -0.4 is 5.32 Å². The van der Waals surface area contributed by atoms with Crippen LogP contribution in [0.2, 0.25) is 0 Å². The van der Waals surface area contributed by atoms with Crippen LogP contribution in [0.5, 0.6) is 0 Å². The lowest BCUT2D eigenvalue weighted by molar-refractivity contribution is -0.122. The molecule has 0 bridgehead atoms. The Labute approximate surface area is 109 Å². The van der Waals surface area contributed by atoms with Gasteiger partial charge in [0.25, 0.3) is 0 Å². The van der Waals surface area contributed by atoms with Crippen LogP contribution in [-0.2, 0) is 9.53 Å². The molecule has 2 rings (SSSR count). The van der Waals surface area contributed by atoms with Crippen LogP contribution in [0.25, 0.3) is 0 Å². The molecule has 4 heteroatoms. The summed E-state index contributed by atoms with van der Waals surface area (Å²) in [5.74, 6) is 0.589. The van der Waals surface area contributed by atoms with Gasteiger partial charge in [-0.15, -0.1) is 0 Å². The Hall–Kier alpha value is -0.610. The number of rotatable bonds is 5. The Kier molecular flexibility index (Phi) is 5.45. The smallest absolute Gasteiger partial charge is 0.220 e. The maximum absolute atomic E-state index is 11.7. The number of carbonyl (C=O) groups is 1. The largest absolute Gasteiger partial charge is 0.393 e. The first-order valence-corrected chi connectivity index (χ1v) is 7.30. The van der Waals surface area contributed by atoms with Gasteiger partial charge in [0.05, 0.1) is 12.2 Å². The molecule has 3 atom stereocenters. The van der Waals surface area contributed by atoms with Crippen molar-refractivity contribution in [2.24, 2.45) is 5.92 Å². The molecule has 104 valence electrons. The summed E-state index contributed by atoms with van der Waals surface area (Å²) in [5, 5.41) is 12.6. The Morgan fingerprint density at radius 3 is 2.89 bits per heavy atom. The second kappa shape index (κ2) is 7.10. The van der Waals surface area contributed by atoms with Crippen LogP contribution in [0.3, 0.4) is 0 Å². The lowest BCUT2D eigenvalue weighted by atomic mass is 9.87. The van der Waals surface area contributed by atoms with Crippen LogP contribution in [0.15, 0.2) is 0 Å². The third kappa shape index (κ3) is 4.58. The van der Waals surface area contributed by atoms with Crippen LogP contribution in [-0.4, -0.2) is 36.4 Å². The molecule has 1 aliphatic carbocycles. The van der Waals surface area contributed by atoms with Crippen LogP contribution in [0, 0.1) is 5.92 Å². The van der Waals surface area contributed by atoms with Crippen LogP contribution in [0.1, 0.15) is 51.4 Å². The average Bonchev–Trinajstić information content (AvgIpc) is 2.87. The highest BCUT2D eigenvalue weighted by Gasteiger charge is 2.21. The molecule has 0 aromatic rings. The fraction of sp³-hybridized carbons (Fsp3) is 0.929. The van der Waals surface area contributed by atoms with Gasteiger partial charge in [-0.05, 0) is 44.4 Å². The van der Waals surface area contributed by atoms with Crippen molar-refractivity contribution in [2.75, 3.05) is 13.2 Å². The van der Waals surface area contributed by atoms with Crippen molar-refractivity contribution in [1.29, 1.82) is 0 Å². The molecule has 0 aromatic carbocycles. The van der Waals surface area contributed by atoms with Crippen molar-refractivity contribution in [3.63, 3.8) is 0 Å². The van der Waals surface area contributed by atoms with Gasteiger partial charge in [-0.3, -0.25) is 4.79 Å². The number of nitrogens with one attached hydrogen (secondary N) is 1. The van der Waals surface area contributed by atoms with Crippen molar-refractivity contribution in [1.82, 2.24) is 5.32 Å². The van der Waals surface area contributed by atoms with Crippen LogP contribution in [0.4, 0.5) is 0 Å². The maximum Gasteiger partial charge on any atom is 0.220 e. The zero-order valence-electron chi connectivity index (χ0n) is 11.1. The summed E-state index contributed by atoms with van der Waals surface area (Å²) in [4.78, 5) is 11.7. The number of carbonyl (C=O) groups excluding carboxylic acids is 1. The fourth-order valence-corrected chi connectivity index (χ4v) is 2.96. The number of ether oxygens (including phenoxy) is 1. The first-order chi connectivity index (χ1) is 8.74. The highest BCUT2D eigenvalue weighted by Crippen LogP contribution is 2.23. The van der Waals surface area contributed by atoms with E-state index in [-0.39, 0.29) is 12.0 Å². The third-order valence-electron chi connectivity index (χ3n) is 4.06. The number of hydrogen-bond acceptors (Lipinski definition) is 3. The van der Waals surface area contributed by atoms with Crippen molar-refractivity contribution in [3.05, 3.63) is 0 Å². The summed E-state index contributed by atoms with van der Waals surface area (Å²) in [7, 11) is 0. The number of aliphatic hydroxyl groups is 1. The molecule has 1 saturated heterocycles. The highest BCUT2D eigenvalue weighted by molar-refractivity contribution is 5.75. The van der Waals surface area contributed by atoms with Crippen molar-refractivity contribution < 1.29 is 14.6 Å². The maximum atomic E-state index is 11.7. The second-order valence-corrected chi connectivity index (χ2v) is 5.66.